The lowest BCUT2D eigenvalue weighted by atomic mass is 10.1. The van der Waals surface area contributed by atoms with E-state index in [1.807, 2.05) is 0 Å². The van der Waals surface area contributed by atoms with E-state index in [1.54, 1.807) is 27.7 Å². The summed E-state index contributed by atoms with van der Waals surface area (Å²) in [6.07, 6.45) is 0. The Hall–Kier alpha value is -0.290. The summed E-state index contributed by atoms with van der Waals surface area (Å²) in [5.41, 5.74) is 0.112. The van der Waals surface area contributed by atoms with Crippen molar-refractivity contribution in [3.8, 4) is 0 Å². The van der Waals surface area contributed by atoms with Crippen molar-refractivity contribution in [2.75, 3.05) is 0 Å². The highest BCUT2D eigenvalue weighted by Crippen LogP contribution is 2.28. The van der Waals surface area contributed by atoms with Crippen LogP contribution in [0.15, 0.2) is 17.0 Å². The Morgan fingerprint density at radius 1 is 1.12 bits per heavy atom. The molecule has 1 rings (SSSR count). The van der Waals surface area contributed by atoms with Crippen molar-refractivity contribution in [2.24, 2.45) is 0 Å². The molecule has 0 aliphatic carbocycles. The van der Waals surface area contributed by atoms with Crippen LogP contribution < -0.4 is 4.72 Å². The zero-order valence-electron chi connectivity index (χ0n) is 10.1. The zero-order valence-corrected chi connectivity index (χ0v) is 12.5. The number of nitrogens with one attached hydrogen (secondary N) is 1. The van der Waals surface area contributed by atoms with Crippen LogP contribution >= 0.6 is 23.2 Å². The minimum Gasteiger partial charge on any atom is -0.207 e. The predicted molar refractivity (Wildman–Crippen MR) is 71.3 cm³/mol. The van der Waals surface area contributed by atoms with Gasteiger partial charge in [0.25, 0.3) is 0 Å². The Kier molecular flexibility index (Phi) is 4.14. The summed E-state index contributed by atoms with van der Waals surface area (Å²) in [6, 6.07) is 2.91. The van der Waals surface area contributed by atoms with E-state index in [9.17, 15) is 8.42 Å². The molecule has 0 spiro atoms. The number of sulfonamides is 1. The third kappa shape index (κ3) is 3.85. The van der Waals surface area contributed by atoms with Gasteiger partial charge >= 0.3 is 0 Å². The maximum atomic E-state index is 12.1. The van der Waals surface area contributed by atoms with Crippen LogP contribution in [0, 0.1) is 6.92 Å². The second kappa shape index (κ2) is 4.76. The first-order valence-corrected chi connectivity index (χ1v) is 7.26. The van der Waals surface area contributed by atoms with Gasteiger partial charge in [0.05, 0.1) is 5.02 Å². The fourth-order valence-electron chi connectivity index (χ4n) is 1.29. The van der Waals surface area contributed by atoms with Crippen molar-refractivity contribution in [3.63, 3.8) is 0 Å². The van der Waals surface area contributed by atoms with Crippen LogP contribution in [-0.2, 0) is 10.0 Å². The SMILES string of the molecule is Cc1cc(S(=O)(=O)NC(C)(C)C)c(Cl)cc1Cl. The normalized spacial score (nSPS) is 12.8. The zero-order chi connectivity index (χ0) is 13.4. The molecule has 0 unspecified atom stereocenters. The fraction of sp³-hybridized carbons (Fsp3) is 0.455. The van der Waals surface area contributed by atoms with Crippen molar-refractivity contribution in [3.05, 3.63) is 27.7 Å². The van der Waals surface area contributed by atoms with Crippen LogP contribution in [0.25, 0.3) is 0 Å². The number of rotatable bonds is 2. The highest BCUT2D eigenvalue weighted by molar-refractivity contribution is 7.89. The lowest BCUT2D eigenvalue weighted by molar-refractivity contribution is 0.491. The highest BCUT2D eigenvalue weighted by Gasteiger charge is 2.24. The molecule has 0 atom stereocenters. The number of halogens is 2. The average Bonchev–Trinajstić information content (AvgIpc) is 2.06. The molecule has 1 N–H and O–H groups in total. The van der Waals surface area contributed by atoms with Gasteiger partial charge in [-0.1, -0.05) is 23.2 Å². The second-order valence-corrected chi connectivity index (χ2v) is 7.35. The first-order valence-electron chi connectivity index (χ1n) is 5.02. The maximum absolute atomic E-state index is 12.1. The van der Waals surface area contributed by atoms with Gasteiger partial charge in [-0.3, -0.25) is 0 Å². The fourth-order valence-corrected chi connectivity index (χ4v) is 3.55. The summed E-state index contributed by atoms with van der Waals surface area (Å²) in [5.74, 6) is 0. The molecule has 1 aromatic carbocycles. The molecule has 96 valence electrons. The van der Waals surface area contributed by atoms with E-state index < -0.39 is 15.6 Å². The molecule has 0 heterocycles. The van der Waals surface area contributed by atoms with Crippen molar-refractivity contribution in [1.82, 2.24) is 4.72 Å². The molecule has 0 aliphatic heterocycles. The monoisotopic (exact) mass is 295 g/mol. The van der Waals surface area contributed by atoms with Crippen LogP contribution in [-0.4, -0.2) is 14.0 Å². The number of benzene rings is 1. The molecular weight excluding hydrogens is 281 g/mol. The number of hydrogen-bond acceptors (Lipinski definition) is 2. The van der Waals surface area contributed by atoms with E-state index in [-0.39, 0.29) is 9.92 Å². The van der Waals surface area contributed by atoms with E-state index in [0.29, 0.717) is 10.6 Å². The molecule has 0 saturated heterocycles. The Bertz CT molecular complexity index is 533. The summed E-state index contributed by atoms with van der Waals surface area (Å²) in [4.78, 5) is 0.0518. The molecule has 0 aliphatic rings. The second-order valence-electron chi connectivity index (χ2n) is 4.89. The van der Waals surface area contributed by atoms with Gasteiger partial charge in [-0.15, -0.1) is 0 Å². The van der Waals surface area contributed by atoms with E-state index >= 15 is 0 Å². The lowest BCUT2D eigenvalue weighted by Crippen LogP contribution is -2.40. The molecule has 0 radical (unpaired) electrons. The van der Waals surface area contributed by atoms with Crippen LogP contribution in [0.3, 0.4) is 0 Å². The Labute approximate surface area is 112 Å². The molecule has 0 saturated carbocycles. The summed E-state index contributed by atoms with van der Waals surface area (Å²) in [6.45, 7) is 7.03. The van der Waals surface area contributed by atoms with Crippen LogP contribution in [0.2, 0.25) is 10.0 Å². The molecule has 0 fully saturated rings. The molecule has 1 aromatic rings. The van der Waals surface area contributed by atoms with Crippen molar-refractivity contribution in [1.29, 1.82) is 0 Å². The van der Waals surface area contributed by atoms with Gasteiger partial charge in [-0.2, -0.15) is 0 Å². The van der Waals surface area contributed by atoms with Crippen molar-refractivity contribution >= 4 is 33.2 Å². The van der Waals surface area contributed by atoms with Gasteiger partial charge in [0.1, 0.15) is 4.90 Å². The summed E-state index contributed by atoms with van der Waals surface area (Å²) in [5, 5.41) is 0.571. The molecule has 6 heteroatoms. The van der Waals surface area contributed by atoms with Gasteiger partial charge in [-0.05, 0) is 45.4 Å². The quantitative estimate of drug-likeness (QED) is 0.909. The number of hydrogen-bond donors (Lipinski definition) is 1. The third-order valence-electron chi connectivity index (χ3n) is 1.94. The molecule has 0 amide bonds. The number of aryl methyl sites for hydroxylation is 1. The smallest absolute Gasteiger partial charge is 0.207 e. The molecule has 17 heavy (non-hydrogen) atoms. The van der Waals surface area contributed by atoms with Crippen LogP contribution in [0.1, 0.15) is 26.3 Å². The van der Waals surface area contributed by atoms with Gasteiger partial charge in [-0.25, -0.2) is 13.1 Å². The largest absolute Gasteiger partial charge is 0.242 e. The topological polar surface area (TPSA) is 46.2 Å². The van der Waals surface area contributed by atoms with Gasteiger partial charge < -0.3 is 0 Å². The van der Waals surface area contributed by atoms with E-state index in [2.05, 4.69) is 4.72 Å². The van der Waals surface area contributed by atoms with Gasteiger partial charge in [0.2, 0.25) is 10.0 Å². The molecular formula is C11H15Cl2NO2S. The average molecular weight is 296 g/mol. The first kappa shape index (κ1) is 14.8. The van der Waals surface area contributed by atoms with Gasteiger partial charge in [0.15, 0.2) is 0 Å². The van der Waals surface area contributed by atoms with Crippen molar-refractivity contribution in [2.45, 2.75) is 38.1 Å². The Morgan fingerprint density at radius 2 is 1.65 bits per heavy atom. The predicted octanol–water partition coefficient (Wildman–Crippen LogP) is 3.38. The van der Waals surface area contributed by atoms with E-state index in [1.165, 1.54) is 12.1 Å². The summed E-state index contributed by atoms with van der Waals surface area (Å²) in [7, 11) is -3.63. The molecule has 0 aromatic heterocycles. The molecule has 3 nitrogen and oxygen atoms in total. The third-order valence-corrected chi connectivity index (χ3v) is 4.57. The minimum atomic E-state index is -3.63. The summed E-state index contributed by atoms with van der Waals surface area (Å²) >= 11 is 11.8. The molecule has 0 bridgehead atoms. The van der Waals surface area contributed by atoms with Crippen LogP contribution in [0.5, 0.6) is 0 Å². The Morgan fingerprint density at radius 3 is 2.12 bits per heavy atom. The Balaban J connectivity index is 3.30. The van der Waals surface area contributed by atoms with Crippen LogP contribution in [0.4, 0.5) is 0 Å². The van der Waals surface area contributed by atoms with E-state index in [4.69, 9.17) is 23.2 Å². The summed E-state index contributed by atoms with van der Waals surface area (Å²) < 4.78 is 26.7. The van der Waals surface area contributed by atoms with E-state index in [0.717, 1.165) is 0 Å². The highest BCUT2D eigenvalue weighted by atomic mass is 35.5. The standard InChI is InChI=1S/C11H15Cl2NO2S/c1-7-5-10(9(13)6-8(7)12)17(15,16)14-11(2,3)4/h5-6,14H,1-4H3. The first-order chi connectivity index (χ1) is 7.53. The lowest BCUT2D eigenvalue weighted by Gasteiger charge is -2.21. The van der Waals surface area contributed by atoms with Crippen molar-refractivity contribution < 1.29 is 8.42 Å². The minimum absolute atomic E-state index is 0.0518. The maximum Gasteiger partial charge on any atom is 0.242 e. The van der Waals surface area contributed by atoms with Gasteiger partial charge in [0, 0.05) is 10.6 Å².